The molecule has 1 aromatic heterocycles. The van der Waals surface area contributed by atoms with Crippen molar-refractivity contribution in [3.63, 3.8) is 0 Å². The third kappa shape index (κ3) is 5.80. The van der Waals surface area contributed by atoms with Gasteiger partial charge in [0.05, 0.1) is 21.7 Å². The van der Waals surface area contributed by atoms with E-state index in [2.05, 4.69) is 31.0 Å². The van der Waals surface area contributed by atoms with Crippen molar-refractivity contribution in [3.8, 4) is 0 Å². The summed E-state index contributed by atoms with van der Waals surface area (Å²) in [6.45, 7) is 9.93. The van der Waals surface area contributed by atoms with E-state index in [-0.39, 0.29) is 12.4 Å². The molecule has 0 aliphatic rings. The third-order valence-corrected chi connectivity index (χ3v) is 5.90. The lowest BCUT2D eigenvalue weighted by Crippen LogP contribution is -2.25. The summed E-state index contributed by atoms with van der Waals surface area (Å²) in [7, 11) is 0. The zero-order valence-electron chi connectivity index (χ0n) is 16.9. The van der Waals surface area contributed by atoms with Gasteiger partial charge in [-0.3, -0.25) is 0 Å². The molecule has 29 heavy (non-hydrogen) atoms. The van der Waals surface area contributed by atoms with Gasteiger partial charge < -0.3 is 10.2 Å². The summed E-state index contributed by atoms with van der Waals surface area (Å²) in [5.74, 6) is 0. The fourth-order valence-electron chi connectivity index (χ4n) is 3.58. The van der Waals surface area contributed by atoms with E-state index in [0.29, 0.717) is 21.1 Å². The first-order chi connectivity index (χ1) is 13.4. The van der Waals surface area contributed by atoms with Crippen molar-refractivity contribution in [2.75, 3.05) is 25.0 Å². The number of nitrogens with zero attached hydrogens (tertiary/aromatic N) is 2. The number of aromatic nitrogens is 1. The topological polar surface area (TPSA) is 28.2 Å². The number of fused-ring (bicyclic) bond motifs is 2. The first kappa shape index (κ1) is 24.3. The van der Waals surface area contributed by atoms with Crippen molar-refractivity contribution in [3.05, 3.63) is 45.4 Å². The van der Waals surface area contributed by atoms with Crippen LogP contribution in [0.25, 0.3) is 21.8 Å². The van der Waals surface area contributed by atoms with Crippen molar-refractivity contribution in [1.29, 1.82) is 0 Å². The van der Waals surface area contributed by atoms with Crippen LogP contribution in [0, 0.1) is 0 Å². The van der Waals surface area contributed by atoms with E-state index in [1.165, 1.54) is 0 Å². The molecular weight excluding hydrogens is 448 g/mol. The lowest BCUT2D eigenvalue weighted by atomic mass is 10.1. The summed E-state index contributed by atoms with van der Waals surface area (Å²) >= 11 is 18.9. The number of benzene rings is 2. The molecule has 1 heterocycles. The molecular formula is C22H27Cl4N3. The molecule has 0 bridgehead atoms. The van der Waals surface area contributed by atoms with Gasteiger partial charge in [0, 0.05) is 26.9 Å². The van der Waals surface area contributed by atoms with Gasteiger partial charge in [-0.2, -0.15) is 0 Å². The Morgan fingerprint density at radius 2 is 1.72 bits per heavy atom. The van der Waals surface area contributed by atoms with E-state index in [1.54, 1.807) is 6.07 Å². The maximum atomic E-state index is 6.45. The van der Waals surface area contributed by atoms with E-state index in [9.17, 15) is 0 Å². The fourth-order valence-corrected chi connectivity index (χ4v) is 4.28. The predicted molar refractivity (Wildman–Crippen MR) is 132 cm³/mol. The fraction of sp³-hybridized carbons (Fsp3) is 0.409. The smallest absolute Gasteiger partial charge is 0.0917 e. The van der Waals surface area contributed by atoms with Crippen molar-refractivity contribution >= 4 is 74.7 Å². The number of halogens is 4. The molecule has 0 spiro atoms. The average molecular weight is 475 g/mol. The molecule has 0 amide bonds. The quantitative estimate of drug-likeness (QED) is 0.339. The molecule has 3 nitrogen and oxygen atoms in total. The summed E-state index contributed by atoms with van der Waals surface area (Å²) in [6, 6.07) is 9.72. The molecule has 0 saturated carbocycles. The molecule has 158 valence electrons. The van der Waals surface area contributed by atoms with Crippen molar-refractivity contribution in [1.82, 2.24) is 9.88 Å². The second-order valence-electron chi connectivity index (χ2n) is 7.15. The summed E-state index contributed by atoms with van der Waals surface area (Å²) < 4.78 is 0. The van der Waals surface area contributed by atoms with Crippen LogP contribution in [-0.2, 0) is 0 Å². The van der Waals surface area contributed by atoms with Gasteiger partial charge in [-0.05, 0) is 69.7 Å². The van der Waals surface area contributed by atoms with E-state index in [1.807, 2.05) is 24.3 Å². The molecule has 0 aliphatic heterocycles. The molecule has 3 rings (SSSR count). The first-order valence-electron chi connectivity index (χ1n) is 9.79. The van der Waals surface area contributed by atoms with E-state index in [4.69, 9.17) is 39.8 Å². The van der Waals surface area contributed by atoms with Crippen molar-refractivity contribution < 1.29 is 0 Å². The number of anilines is 1. The highest BCUT2D eigenvalue weighted by atomic mass is 35.5. The number of hydrogen-bond donors (Lipinski definition) is 1. The zero-order chi connectivity index (χ0) is 20.3. The van der Waals surface area contributed by atoms with Crippen LogP contribution in [0.3, 0.4) is 0 Å². The molecule has 1 unspecified atom stereocenters. The zero-order valence-corrected chi connectivity index (χ0v) is 20.0. The Hall–Kier alpha value is -0.970. The van der Waals surface area contributed by atoms with Crippen LogP contribution in [0.1, 0.15) is 33.6 Å². The number of hydrogen-bond acceptors (Lipinski definition) is 3. The SMILES string of the molecule is CCN(CC)CCCC(C)Nc1c2ccc(Cl)cc2nc2c(Cl)cc(Cl)cc12.Cl. The second kappa shape index (κ2) is 10.9. The largest absolute Gasteiger partial charge is 0.381 e. The molecule has 1 atom stereocenters. The van der Waals surface area contributed by atoms with Crippen LogP contribution < -0.4 is 5.32 Å². The Balaban J connectivity index is 0.00000300. The standard InChI is InChI=1S/C22H26Cl3N3.ClH/c1-4-28(5-2)10-6-7-14(3)26-21-17-9-8-15(23)13-20(17)27-22-18(21)11-16(24)12-19(22)25;/h8-9,11-14H,4-7,10H2,1-3H3,(H,26,27);1H. The summed E-state index contributed by atoms with van der Waals surface area (Å²) in [6.07, 6.45) is 2.22. The summed E-state index contributed by atoms with van der Waals surface area (Å²) in [5, 5.41) is 7.45. The van der Waals surface area contributed by atoms with Crippen LogP contribution in [0.5, 0.6) is 0 Å². The minimum absolute atomic E-state index is 0. The minimum Gasteiger partial charge on any atom is -0.381 e. The normalized spacial score (nSPS) is 12.4. The molecule has 0 radical (unpaired) electrons. The van der Waals surface area contributed by atoms with Gasteiger partial charge >= 0.3 is 0 Å². The second-order valence-corrected chi connectivity index (χ2v) is 8.43. The van der Waals surface area contributed by atoms with Gasteiger partial charge in [-0.1, -0.05) is 48.7 Å². The Morgan fingerprint density at radius 3 is 2.41 bits per heavy atom. The van der Waals surface area contributed by atoms with E-state index >= 15 is 0 Å². The lowest BCUT2D eigenvalue weighted by Gasteiger charge is -2.22. The molecule has 7 heteroatoms. The lowest BCUT2D eigenvalue weighted by molar-refractivity contribution is 0.295. The number of nitrogens with one attached hydrogen (secondary N) is 1. The Morgan fingerprint density at radius 1 is 1.00 bits per heavy atom. The molecule has 0 saturated heterocycles. The third-order valence-electron chi connectivity index (χ3n) is 5.16. The first-order valence-corrected chi connectivity index (χ1v) is 10.9. The summed E-state index contributed by atoms with van der Waals surface area (Å²) in [5.41, 5.74) is 2.57. The van der Waals surface area contributed by atoms with Crippen LogP contribution in [0.4, 0.5) is 5.69 Å². The van der Waals surface area contributed by atoms with Gasteiger partial charge in [0.1, 0.15) is 0 Å². The Labute approximate surface area is 194 Å². The van der Waals surface area contributed by atoms with E-state index in [0.717, 1.165) is 60.0 Å². The minimum atomic E-state index is 0. The molecule has 0 fully saturated rings. The maximum absolute atomic E-state index is 6.45. The number of rotatable bonds is 8. The molecule has 3 aromatic rings. The highest BCUT2D eigenvalue weighted by molar-refractivity contribution is 6.39. The maximum Gasteiger partial charge on any atom is 0.0917 e. The van der Waals surface area contributed by atoms with Gasteiger partial charge in [-0.15, -0.1) is 12.4 Å². The predicted octanol–water partition coefficient (Wildman–Crippen LogP) is 7.69. The molecule has 2 aromatic carbocycles. The van der Waals surface area contributed by atoms with Crippen LogP contribution in [-0.4, -0.2) is 35.6 Å². The van der Waals surface area contributed by atoms with Crippen LogP contribution in [0.15, 0.2) is 30.3 Å². The average Bonchev–Trinajstić information content (AvgIpc) is 2.65. The van der Waals surface area contributed by atoms with E-state index < -0.39 is 0 Å². The summed E-state index contributed by atoms with van der Waals surface area (Å²) in [4.78, 5) is 7.18. The van der Waals surface area contributed by atoms with Gasteiger partial charge in [0.2, 0.25) is 0 Å². The van der Waals surface area contributed by atoms with Gasteiger partial charge in [0.25, 0.3) is 0 Å². The van der Waals surface area contributed by atoms with Crippen molar-refractivity contribution in [2.24, 2.45) is 0 Å². The van der Waals surface area contributed by atoms with Crippen LogP contribution >= 0.6 is 47.2 Å². The highest BCUT2D eigenvalue weighted by Gasteiger charge is 2.15. The molecule has 1 N–H and O–H groups in total. The Bertz CT molecular complexity index is 973. The number of pyridine rings is 1. The van der Waals surface area contributed by atoms with Gasteiger partial charge in [-0.25, -0.2) is 4.98 Å². The van der Waals surface area contributed by atoms with Gasteiger partial charge in [0.15, 0.2) is 0 Å². The highest BCUT2D eigenvalue weighted by Crippen LogP contribution is 2.37. The monoisotopic (exact) mass is 473 g/mol. The van der Waals surface area contributed by atoms with Crippen LogP contribution in [0.2, 0.25) is 15.1 Å². The molecule has 0 aliphatic carbocycles. The Kier molecular flexibility index (Phi) is 9.12. The van der Waals surface area contributed by atoms with Crippen molar-refractivity contribution in [2.45, 2.75) is 39.7 Å².